The fraction of sp³-hybridized carbons (Fsp3) is 0.185. The maximum absolute atomic E-state index is 14.0. The number of ether oxygens (including phenoxy) is 1. The van der Waals surface area contributed by atoms with Crippen LogP contribution in [0.4, 0.5) is 19.3 Å². The van der Waals surface area contributed by atoms with Gasteiger partial charge in [0.2, 0.25) is 0 Å². The van der Waals surface area contributed by atoms with Crippen molar-refractivity contribution in [1.82, 2.24) is 9.47 Å². The zero-order chi connectivity index (χ0) is 25.9. The minimum Gasteiger partial charge on any atom is -0.438 e. The fourth-order valence-electron chi connectivity index (χ4n) is 5.25. The summed E-state index contributed by atoms with van der Waals surface area (Å²) in [7, 11) is 0. The summed E-state index contributed by atoms with van der Waals surface area (Å²) in [5, 5.41) is 4.25. The summed E-state index contributed by atoms with van der Waals surface area (Å²) in [6.07, 6.45) is 1.80. The first kappa shape index (κ1) is 23.8. The number of rotatable bonds is 2. The highest BCUT2D eigenvalue weighted by Crippen LogP contribution is 2.44. The molecular formula is C27H19Cl2F2N3O3. The summed E-state index contributed by atoms with van der Waals surface area (Å²) < 4.78 is 35.3. The molecule has 10 heteroatoms. The third-order valence-corrected chi connectivity index (χ3v) is 7.45. The van der Waals surface area contributed by atoms with Crippen molar-refractivity contribution in [3.8, 4) is 5.69 Å². The van der Waals surface area contributed by atoms with Gasteiger partial charge in [-0.1, -0.05) is 29.3 Å². The van der Waals surface area contributed by atoms with Crippen LogP contribution in [0, 0.1) is 11.6 Å². The Morgan fingerprint density at radius 1 is 0.946 bits per heavy atom. The van der Waals surface area contributed by atoms with E-state index in [4.69, 9.17) is 27.9 Å². The predicted molar refractivity (Wildman–Crippen MR) is 137 cm³/mol. The summed E-state index contributed by atoms with van der Waals surface area (Å²) in [5.41, 5.74) is 1.69. The van der Waals surface area contributed by atoms with Crippen LogP contribution in [0.5, 0.6) is 0 Å². The second-order valence-electron chi connectivity index (χ2n) is 9.19. The molecule has 188 valence electrons. The van der Waals surface area contributed by atoms with E-state index in [0.717, 1.165) is 11.6 Å². The standard InChI is InChI=1S/C27H19Cl2F2N3O3/c28-15-2-4-23-22(9-15)27(37-26(36)32-23)5-7-33(8-6-27)25(35)21-14-34(19-12-17(30)11-18(31)13-19)24-10-16(29)1-3-20(21)24/h1-4,9-14H,5-8H2,(H,32,36). The molecule has 3 aromatic carbocycles. The van der Waals surface area contributed by atoms with E-state index in [1.54, 1.807) is 52.1 Å². The van der Waals surface area contributed by atoms with Gasteiger partial charge in [0.05, 0.1) is 22.5 Å². The Morgan fingerprint density at radius 3 is 2.35 bits per heavy atom. The number of fused-ring (bicyclic) bond motifs is 3. The van der Waals surface area contributed by atoms with E-state index in [2.05, 4.69) is 5.32 Å². The van der Waals surface area contributed by atoms with Crippen LogP contribution in [0.2, 0.25) is 10.0 Å². The smallest absolute Gasteiger partial charge is 0.412 e. The Labute approximate surface area is 220 Å². The van der Waals surface area contributed by atoms with Crippen molar-refractivity contribution in [1.29, 1.82) is 0 Å². The maximum atomic E-state index is 14.0. The number of hydrogen-bond acceptors (Lipinski definition) is 3. The lowest BCUT2D eigenvalue weighted by atomic mass is 9.82. The Hall–Kier alpha value is -3.62. The van der Waals surface area contributed by atoms with Crippen LogP contribution in [0.3, 0.4) is 0 Å². The van der Waals surface area contributed by atoms with Crippen molar-refractivity contribution in [2.24, 2.45) is 0 Å². The van der Waals surface area contributed by atoms with Gasteiger partial charge in [-0.15, -0.1) is 0 Å². The van der Waals surface area contributed by atoms with Crippen LogP contribution >= 0.6 is 23.2 Å². The molecule has 0 aliphatic carbocycles. The molecule has 3 heterocycles. The molecule has 1 fully saturated rings. The van der Waals surface area contributed by atoms with Gasteiger partial charge in [0.25, 0.3) is 5.91 Å². The first-order chi connectivity index (χ1) is 17.7. The number of nitrogens with one attached hydrogen (secondary N) is 1. The zero-order valence-electron chi connectivity index (χ0n) is 19.2. The van der Waals surface area contributed by atoms with Crippen molar-refractivity contribution < 1.29 is 23.1 Å². The molecule has 6 nitrogen and oxygen atoms in total. The average Bonchev–Trinajstić information content (AvgIpc) is 3.23. The zero-order valence-corrected chi connectivity index (χ0v) is 20.7. The van der Waals surface area contributed by atoms with Crippen molar-refractivity contribution in [2.45, 2.75) is 18.4 Å². The lowest BCUT2D eigenvalue weighted by Gasteiger charge is -2.44. The SMILES string of the molecule is O=C1Nc2ccc(Cl)cc2C2(CCN(C(=O)c3cn(-c4cc(F)cc(F)c4)c4cc(Cl)ccc34)CC2)O1. The number of aromatic nitrogens is 1. The maximum Gasteiger partial charge on any atom is 0.412 e. The number of hydrogen-bond donors (Lipinski definition) is 1. The number of carbonyl (C=O) groups excluding carboxylic acids is 2. The molecule has 2 aliphatic rings. The number of benzene rings is 3. The van der Waals surface area contributed by atoms with Gasteiger partial charge >= 0.3 is 6.09 Å². The third-order valence-electron chi connectivity index (χ3n) is 6.98. The predicted octanol–water partition coefficient (Wildman–Crippen LogP) is 6.91. The van der Waals surface area contributed by atoms with Crippen LogP contribution < -0.4 is 5.32 Å². The van der Waals surface area contributed by atoms with Gasteiger partial charge in [-0.2, -0.15) is 0 Å². The Morgan fingerprint density at radius 2 is 1.62 bits per heavy atom. The number of anilines is 1. The van der Waals surface area contributed by atoms with Crippen LogP contribution in [-0.2, 0) is 10.3 Å². The first-order valence-corrected chi connectivity index (χ1v) is 12.3. The highest BCUT2D eigenvalue weighted by atomic mass is 35.5. The molecule has 2 aliphatic heterocycles. The van der Waals surface area contributed by atoms with Gasteiger partial charge in [0.1, 0.15) is 17.2 Å². The van der Waals surface area contributed by atoms with Gasteiger partial charge < -0.3 is 14.2 Å². The molecule has 4 aromatic rings. The van der Waals surface area contributed by atoms with E-state index in [0.29, 0.717) is 58.1 Å². The Balaban J connectivity index is 1.34. The van der Waals surface area contributed by atoms with Gasteiger partial charge in [-0.05, 0) is 42.5 Å². The molecule has 1 aromatic heterocycles. The van der Waals surface area contributed by atoms with Crippen molar-refractivity contribution >= 4 is 51.8 Å². The van der Waals surface area contributed by atoms with Crippen LogP contribution in [0.1, 0.15) is 28.8 Å². The van der Waals surface area contributed by atoms with Crippen molar-refractivity contribution in [2.75, 3.05) is 18.4 Å². The quantitative estimate of drug-likeness (QED) is 0.300. The molecule has 1 saturated heterocycles. The van der Waals surface area contributed by atoms with E-state index >= 15 is 0 Å². The van der Waals surface area contributed by atoms with Crippen LogP contribution in [0.25, 0.3) is 16.6 Å². The molecule has 1 N–H and O–H groups in total. The normalized spacial score (nSPS) is 16.4. The first-order valence-electron chi connectivity index (χ1n) is 11.6. The van der Waals surface area contributed by atoms with Gasteiger partial charge in [0.15, 0.2) is 0 Å². The molecule has 0 saturated carbocycles. The summed E-state index contributed by atoms with van der Waals surface area (Å²) in [6, 6.07) is 13.4. The summed E-state index contributed by atoms with van der Waals surface area (Å²) in [6.45, 7) is 0.653. The van der Waals surface area contributed by atoms with Crippen molar-refractivity contribution in [3.63, 3.8) is 0 Å². The molecular weight excluding hydrogens is 523 g/mol. The molecule has 0 radical (unpaired) electrons. The number of likely N-dealkylation sites (tertiary alicyclic amines) is 1. The highest BCUT2D eigenvalue weighted by molar-refractivity contribution is 6.31. The minimum atomic E-state index is -0.889. The van der Waals surface area contributed by atoms with Crippen LogP contribution in [-0.4, -0.2) is 34.6 Å². The van der Waals surface area contributed by atoms with E-state index in [1.807, 2.05) is 0 Å². The van der Waals surface area contributed by atoms with E-state index in [1.165, 1.54) is 12.1 Å². The second kappa shape index (κ2) is 8.75. The lowest BCUT2D eigenvalue weighted by Crippen LogP contribution is -2.49. The van der Waals surface area contributed by atoms with E-state index in [-0.39, 0.29) is 11.6 Å². The molecule has 6 rings (SSSR count). The van der Waals surface area contributed by atoms with E-state index < -0.39 is 23.3 Å². The number of amides is 2. The molecule has 1 spiro atoms. The molecule has 0 bridgehead atoms. The third kappa shape index (κ3) is 4.10. The minimum absolute atomic E-state index is 0.233. The Kier molecular flexibility index (Phi) is 5.62. The molecule has 0 atom stereocenters. The van der Waals surface area contributed by atoms with E-state index in [9.17, 15) is 18.4 Å². The number of piperidine rings is 1. The summed E-state index contributed by atoms with van der Waals surface area (Å²) in [5.74, 6) is -1.71. The molecule has 37 heavy (non-hydrogen) atoms. The summed E-state index contributed by atoms with van der Waals surface area (Å²) >= 11 is 12.4. The largest absolute Gasteiger partial charge is 0.438 e. The fourth-order valence-corrected chi connectivity index (χ4v) is 5.58. The monoisotopic (exact) mass is 541 g/mol. The Bertz CT molecular complexity index is 1580. The topological polar surface area (TPSA) is 63.6 Å². The summed E-state index contributed by atoms with van der Waals surface area (Å²) in [4.78, 5) is 27.7. The molecule has 2 amide bonds. The number of nitrogens with zero attached hydrogens (tertiary/aromatic N) is 2. The lowest BCUT2D eigenvalue weighted by molar-refractivity contribution is -0.0331. The number of carbonyl (C=O) groups is 2. The second-order valence-corrected chi connectivity index (χ2v) is 10.1. The van der Waals surface area contributed by atoms with Crippen molar-refractivity contribution in [3.05, 3.63) is 93.6 Å². The van der Waals surface area contributed by atoms with Gasteiger partial charge in [-0.3, -0.25) is 10.1 Å². The molecule has 0 unspecified atom stereocenters. The number of halogens is 4. The van der Waals surface area contributed by atoms with Gasteiger partial charge in [-0.25, -0.2) is 13.6 Å². The van der Waals surface area contributed by atoms with Crippen LogP contribution in [0.15, 0.2) is 60.8 Å². The highest BCUT2D eigenvalue weighted by Gasteiger charge is 2.45. The van der Waals surface area contributed by atoms with Gasteiger partial charge in [0, 0.05) is 59.2 Å². The average molecular weight is 542 g/mol.